The summed E-state index contributed by atoms with van der Waals surface area (Å²) >= 11 is 7.11. The lowest BCUT2D eigenvalue weighted by molar-refractivity contribution is 0.126. The summed E-state index contributed by atoms with van der Waals surface area (Å²) in [6, 6.07) is 1.72. The zero-order valence-electron chi connectivity index (χ0n) is 5.97. The number of thiophene rings is 1. The molecule has 0 aliphatic heterocycles. The van der Waals surface area contributed by atoms with E-state index in [2.05, 4.69) is 5.92 Å². The van der Waals surface area contributed by atoms with Crippen molar-refractivity contribution in [2.45, 2.75) is 12.5 Å². The Morgan fingerprint density at radius 2 is 2.45 bits per heavy atom. The van der Waals surface area contributed by atoms with Gasteiger partial charge in [-0.3, -0.25) is 0 Å². The fourth-order valence-corrected chi connectivity index (χ4v) is 1.97. The molecule has 0 aromatic carbocycles. The summed E-state index contributed by atoms with van der Waals surface area (Å²) in [5.41, 5.74) is -1.23. The van der Waals surface area contributed by atoms with Crippen LogP contribution < -0.4 is 0 Å². The van der Waals surface area contributed by atoms with Crippen LogP contribution in [0.1, 0.15) is 11.8 Å². The molecule has 1 nitrogen and oxygen atoms in total. The smallest absolute Gasteiger partial charge is 0.158 e. The first-order valence-corrected chi connectivity index (χ1v) is 4.27. The number of hydrogen-bond donors (Lipinski definition) is 1. The second-order valence-electron chi connectivity index (χ2n) is 2.31. The Balaban J connectivity index is 3.13. The number of terminal acetylenes is 1. The highest BCUT2D eigenvalue weighted by molar-refractivity contribution is 7.10. The summed E-state index contributed by atoms with van der Waals surface area (Å²) in [5.74, 6) is 2.27. The van der Waals surface area contributed by atoms with Crippen LogP contribution in [-0.4, -0.2) is 5.11 Å². The number of halogens is 1. The predicted octanol–water partition coefficient (Wildman–Crippen LogP) is 2.24. The van der Waals surface area contributed by atoms with Gasteiger partial charge in [-0.05, 0) is 18.4 Å². The molecule has 0 saturated heterocycles. The van der Waals surface area contributed by atoms with Gasteiger partial charge < -0.3 is 5.11 Å². The number of rotatable bonds is 1. The van der Waals surface area contributed by atoms with Crippen LogP contribution in [0, 0.1) is 12.3 Å². The van der Waals surface area contributed by atoms with Gasteiger partial charge in [-0.1, -0.05) is 17.5 Å². The summed E-state index contributed by atoms with van der Waals surface area (Å²) in [4.78, 5) is 0.627. The molecule has 1 atom stereocenters. The van der Waals surface area contributed by atoms with E-state index < -0.39 is 5.60 Å². The molecule has 0 fully saturated rings. The fraction of sp³-hybridized carbons (Fsp3) is 0.250. The van der Waals surface area contributed by atoms with Gasteiger partial charge in [-0.15, -0.1) is 17.8 Å². The summed E-state index contributed by atoms with van der Waals surface area (Å²) in [6.45, 7) is 1.55. The van der Waals surface area contributed by atoms with Crippen LogP contribution in [-0.2, 0) is 5.60 Å². The third kappa shape index (κ3) is 1.57. The molecule has 0 saturated carbocycles. The van der Waals surface area contributed by atoms with E-state index >= 15 is 0 Å². The molecule has 3 heteroatoms. The third-order valence-corrected chi connectivity index (χ3v) is 2.89. The molecule has 0 aliphatic rings. The minimum atomic E-state index is -1.23. The van der Waals surface area contributed by atoms with Gasteiger partial charge in [0.05, 0.1) is 9.90 Å². The van der Waals surface area contributed by atoms with Crippen LogP contribution in [0.3, 0.4) is 0 Å². The van der Waals surface area contributed by atoms with Gasteiger partial charge in [0.15, 0.2) is 5.60 Å². The van der Waals surface area contributed by atoms with Crippen LogP contribution in [0.25, 0.3) is 0 Å². The molecule has 0 radical (unpaired) electrons. The zero-order valence-corrected chi connectivity index (χ0v) is 7.54. The minimum absolute atomic E-state index is 0.526. The van der Waals surface area contributed by atoms with Crippen molar-refractivity contribution < 1.29 is 5.11 Å². The van der Waals surface area contributed by atoms with E-state index in [1.54, 1.807) is 18.4 Å². The van der Waals surface area contributed by atoms with Crippen LogP contribution in [0.2, 0.25) is 5.02 Å². The standard InChI is InChI=1S/C8H7ClOS/c1-3-8(2,10)7-6(9)4-5-11-7/h1,4-5,10H,2H3. The van der Waals surface area contributed by atoms with E-state index in [1.165, 1.54) is 11.3 Å². The average molecular weight is 187 g/mol. The Hall–Kier alpha value is -0.490. The van der Waals surface area contributed by atoms with E-state index in [4.69, 9.17) is 18.0 Å². The van der Waals surface area contributed by atoms with Crippen LogP contribution in [0.5, 0.6) is 0 Å². The Morgan fingerprint density at radius 3 is 2.82 bits per heavy atom. The second-order valence-corrected chi connectivity index (χ2v) is 3.64. The van der Waals surface area contributed by atoms with Crippen molar-refractivity contribution in [3.8, 4) is 12.3 Å². The molecule has 1 rings (SSSR count). The van der Waals surface area contributed by atoms with Gasteiger partial charge in [0.2, 0.25) is 0 Å². The van der Waals surface area contributed by atoms with Gasteiger partial charge in [0.1, 0.15) is 0 Å². The quantitative estimate of drug-likeness (QED) is 0.667. The molecular formula is C8H7ClOS. The first-order chi connectivity index (χ1) is 5.08. The normalized spacial score (nSPS) is 15.5. The summed E-state index contributed by atoms with van der Waals surface area (Å²) < 4.78 is 0. The van der Waals surface area contributed by atoms with E-state index in [1.807, 2.05) is 0 Å². The third-order valence-electron chi connectivity index (χ3n) is 1.34. The Kier molecular flexibility index (Phi) is 2.24. The molecule has 1 aromatic heterocycles. The summed E-state index contributed by atoms with van der Waals surface area (Å²) in [7, 11) is 0. The SMILES string of the molecule is C#CC(C)(O)c1sccc1Cl. The van der Waals surface area contributed by atoms with Crippen molar-refractivity contribution in [3.63, 3.8) is 0 Å². The first kappa shape index (κ1) is 8.61. The lowest BCUT2D eigenvalue weighted by Gasteiger charge is -2.13. The first-order valence-electron chi connectivity index (χ1n) is 3.01. The van der Waals surface area contributed by atoms with E-state index in [0.717, 1.165) is 0 Å². The Labute approximate surface area is 74.6 Å². The lowest BCUT2D eigenvalue weighted by atomic mass is 10.1. The van der Waals surface area contributed by atoms with Gasteiger partial charge in [0.25, 0.3) is 0 Å². The van der Waals surface area contributed by atoms with E-state index in [-0.39, 0.29) is 0 Å². The van der Waals surface area contributed by atoms with Gasteiger partial charge in [0, 0.05) is 0 Å². The van der Waals surface area contributed by atoms with E-state index in [0.29, 0.717) is 9.90 Å². The monoisotopic (exact) mass is 186 g/mol. The maximum Gasteiger partial charge on any atom is 0.158 e. The average Bonchev–Trinajstić information content (AvgIpc) is 2.36. The summed E-state index contributed by atoms with van der Waals surface area (Å²) in [6.07, 6.45) is 5.11. The molecule has 11 heavy (non-hydrogen) atoms. The maximum absolute atomic E-state index is 9.55. The van der Waals surface area contributed by atoms with Crippen LogP contribution in [0.4, 0.5) is 0 Å². The predicted molar refractivity (Wildman–Crippen MR) is 47.7 cm³/mol. The molecule has 0 bridgehead atoms. The number of hydrogen-bond acceptors (Lipinski definition) is 2. The molecule has 1 aromatic rings. The van der Waals surface area contributed by atoms with Crippen molar-refractivity contribution in [2.75, 3.05) is 0 Å². The van der Waals surface area contributed by atoms with Crippen LogP contribution >= 0.6 is 22.9 Å². The molecule has 0 aliphatic carbocycles. The van der Waals surface area contributed by atoms with E-state index in [9.17, 15) is 5.11 Å². The highest BCUT2D eigenvalue weighted by Crippen LogP contribution is 2.32. The zero-order chi connectivity index (χ0) is 8.48. The number of aliphatic hydroxyl groups is 1. The van der Waals surface area contributed by atoms with Crippen molar-refractivity contribution in [2.24, 2.45) is 0 Å². The fourth-order valence-electron chi connectivity index (χ4n) is 0.707. The molecule has 1 N–H and O–H groups in total. The highest BCUT2D eigenvalue weighted by Gasteiger charge is 2.23. The molecular weight excluding hydrogens is 180 g/mol. The molecule has 0 spiro atoms. The summed E-state index contributed by atoms with van der Waals surface area (Å²) in [5, 5.41) is 11.9. The molecule has 0 amide bonds. The van der Waals surface area contributed by atoms with Crippen molar-refractivity contribution >= 4 is 22.9 Å². The van der Waals surface area contributed by atoms with Gasteiger partial charge >= 0.3 is 0 Å². The Bertz CT molecular complexity index is 295. The van der Waals surface area contributed by atoms with Crippen molar-refractivity contribution in [1.82, 2.24) is 0 Å². The van der Waals surface area contributed by atoms with Gasteiger partial charge in [-0.25, -0.2) is 0 Å². The van der Waals surface area contributed by atoms with Gasteiger partial charge in [-0.2, -0.15) is 0 Å². The topological polar surface area (TPSA) is 20.2 Å². The molecule has 58 valence electrons. The second kappa shape index (κ2) is 2.86. The molecule has 1 unspecified atom stereocenters. The maximum atomic E-state index is 9.55. The van der Waals surface area contributed by atoms with Crippen molar-refractivity contribution in [1.29, 1.82) is 0 Å². The van der Waals surface area contributed by atoms with Crippen LogP contribution in [0.15, 0.2) is 11.4 Å². The Morgan fingerprint density at radius 1 is 1.82 bits per heavy atom. The highest BCUT2D eigenvalue weighted by atomic mass is 35.5. The minimum Gasteiger partial charge on any atom is -0.373 e. The lowest BCUT2D eigenvalue weighted by Crippen LogP contribution is -2.16. The van der Waals surface area contributed by atoms with Crippen molar-refractivity contribution in [3.05, 3.63) is 21.3 Å². The largest absolute Gasteiger partial charge is 0.373 e. The molecule has 1 heterocycles.